The van der Waals surface area contributed by atoms with Crippen LogP contribution in [0.1, 0.15) is 5.82 Å². The maximum Gasteiger partial charge on any atom is 0.209 e. The Kier molecular flexibility index (Phi) is 5.06. The highest BCUT2D eigenvalue weighted by Crippen LogP contribution is 2.29. The lowest BCUT2D eigenvalue weighted by Gasteiger charge is -2.33. The number of nitrogens with one attached hydrogen (secondary N) is 1. The Labute approximate surface area is 150 Å². The van der Waals surface area contributed by atoms with Gasteiger partial charge >= 0.3 is 0 Å². The van der Waals surface area contributed by atoms with Crippen molar-refractivity contribution in [2.24, 2.45) is 0 Å². The molecule has 1 aliphatic heterocycles. The average Bonchev–Trinajstić information content (AvgIpc) is 2.58. The molecule has 1 fully saturated rings. The van der Waals surface area contributed by atoms with E-state index in [-0.39, 0.29) is 0 Å². The predicted molar refractivity (Wildman–Crippen MR) is 96.4 cm³/mol. The van der Waals surface area contributed by atoms with E-state index < -0.39 is 0 Å². The number of carbonyl (C=O) groups excluding carboxylic acids is 1. The van der Waals surface area contributed by atoms with Crippen molar-refractivity contribution in [2.75, 3.05) is 36.4 Å². The number of anilines is 3. The van der Waals surface area contributed by atoms with E-state index in [1.165, 1.54) is 0 Å². The summed E-state index contributed by atoms with van der Waals surface area (Å²) in [4.78, 5) is 23.6. The van der Waals surface area contributed by atoms with E-state index in [4.69, 9.17) is 23.2 Å². The lowest BCUT2D eigenvalue weighted by molar-refractivity contribution is -0.118. The Balaban J connectivity index is 1.81. The van der Waals surface area contributed by atoms with Crippen LogP contribution in [0.3, 0.4) is 0 Å². The van der Waals surface area contributed by atoms with Crippen LogP contribution in [0.4, 0.5) is 17.3 Å². The lowest BCUT2D eigenvalue weighted by atomic mass is 10.3. The van der Waals surface area contributed by atoms with Crippen LogP contribution in [0, 0.1) is 6.92 Å². The lowest BCUT2D eigenvalue weighted by Crippen LogP contribution is -2.46. The summed E-state index contributed by atoms with van der Waals surface area (Å²) >= 11 is 12.2. The molecule has 1 aromatic carbocycles. The first kappa shape index (κ1) is 16.8. The summed E-state index contributed by atoms with van der Waals surface area (Å²) in [7, 11) is 0. The largest absolute Gasteiger partial charge is 0.353 e. The fourth-order valence-electron chi connectivity index (χ4n) is 2.57. The number of piperazine rings is 1. The topological polar surface area (TPSA) is 61.4 Å². The van der Waals surface area contributed by atoms with Crippen molar-refractivity contribution in [2.45, 2.75) is 6.92 Å². The molecule has 0 spiro atoms. The van der Waals surface area contributed by atoms with Crippen LogP contribution in [-0.2, 0) is 4.79 Å². The van der Waals surface area contributed by atoms with Gasteiger partial charge in [0.2, 0.25) is 6.41 Å². The molecule has 1 amide bonds. The number of aromatic nitrogens is 2. The molecule has 3 rings (SSSR count). The first-order valence-corrected chi connectivity index (χ1v) is 8.33. The van der Waals surface area contributed by atoms with Gasteiger partial charge < -0.3 is 15.1 Å². The summed E-state index contributed by atoms with van der Waals surface area (Å²) in [6.45, 7) is 4.71. The van der Waals surface area contributed by atoms with Crippen LogP contribution in [-0.4, -0.2) is 47.5 Å². The van der Waals surface area contributed by atoms with Gasteiger partial charge in [0, 0.05) is 37.3 Å². The molecule has 0 atom stereocenters. The molecule has 0 bridgehead atoms. The number of halogens is 2. The van der Waals surface area contributed by atoms with Gasteiger partial charge in [-0.25, -0.2) is 9.97 Å². The third-order valence-electron chi connectivity index (χ3n) is 3.80. The molecule has 2 aromatic rings. The smallest absolute Gasteiger partial charge is 0.209 e. The summed E-state index contributed by atoms with van der Waals surface area (Å²) in [6, 6.07) is 7.10. The maximum atomic E-state index is 10.8. The van der Waals surface area contributed by atoms with Crippen LogP contribution < -0.4 is 10.2 Å². The quantitative estimate of drug-likeness (QED) is 0.843. The number of amides is 1. The number of hydrogen-bond donors (Lipinski definition) is 1. The third kappa shape index (κ3) is 3.88. The highest BCUT2D eigenvalue weighted by molar-refractivity contribution is 6.35. The van der Waals surface area contributed by atoms with E-state index in [0.29, 0.717) is 40.5 Å². The van der Waals surface area contributed by atoms with Crippen LogP contribution >= 0.6 is 23.2 Å². The second-order valence-electron chi connectivity index (χ2n) is 5.54. The van der Waals surface area contributed by atoms with Gasteiger partial charge in [-0.15, -0.1) is 0 Å². The molecule has 1 aromatic heterocycles. The van der Waals surface area contributed by atoms with Gasteiger partial charge in [-0.2, -0.15) is 0 Å². The zero-order valence-corrected chi connectivity index (χ0v) is 14.7. The Morgan fingerprint density at radius 2 is 1.88 bits per heavy atom. The number of rotatable bonds is 4. The maximum absolute atomic E-state index is 10.8. The van der Waals surface area contributed by atoms with Crippen LogP contribution in [0.2, 0.25) is 10.0 Å². The summed E-state index contributed by atoms with van der Waals surface area (Å²) in [5.41, 5.74) is 0.694. The Morgan fingerprint density at radius 3 is 2.58 bits per heavy atom. The van der Waals surface area contributed by atoms with E-state index in [1.807, 2.05) is 13.0 Å². The van der Waals surface area contributed by atoms with E-state index in [0.717, 1.165) is 25.3 Å². The number of nitrogens with zero attached hydrogens (tertiary/aromatic N) is 4. The van der Waals surface area contributed by atoms with Crippen molar-refractivity contribution >= 4 is 46.9 Å². The molecule has 1 saturated heterocycles. The first-order chi connectivity index (χ1) is 11.5. The fourth-order valence-corrected chi connectivity index (χ4v) is 2.90. The van der Waals surface area contributed by atoms with Crippen LogP contribution in [0.25, 0.3) is 0 Å². The fraction of sp³-hybridized carbons (Fsp3) is 0.312. The summed E-state index contributed by atoms with van der Waals surface area (Å²) < 4.78 is 0. The molecule has 0 aliphatic carbocycles. The predicted octanol–water partition coefficient (Wildman–Crippen LogP) is 3.11. The summed E-state index contributed by atoms with van der Waals surface area (Å²) in [6.07, 6.45) is 0.886. The molecule has 0 unspecified atom stereocenters. The molecule has 24 heavy (non-hydrogen) atoms. The Bertz CT molecular complexity index is 747. The molecule has 126 valence electrons. The van der Waals surface area contributed by atoms with Crippen molar-refractivity contribution in [1.29, 1.82) is 0 Å². The molecule has 1 aliphatic rings. The van der Waals surface area contributed by atoms with E-state index in [2.05, 4.69) is 20.2 Å². The molecule has 0 radical (unpaired) electrons. The van der Waals surface area contributed by atoms with Gasteiger partial charge in [0.1, 0.15) is 17.5 Å². The monoisotopic (exact) mass is 365 g/mol. The zero-order valence-electron chi connectivity index (χ0n) is 13.2. The van der Waals surface area contributed by atoms with Crippen molar-refractivity contribution in [1.82, 2.24) is 14.9 Å². The number of benzene rings is 1. The second-order valence-corrected chi connectivity index (χ2v) is 6.38. The van der Waals surface area contributed by atoms with Crippen LogP contribution in [0.5, 0.6) is 0 Å². The first-order valence-electron chi connectivity index (χ1n) is 7.57. The van der Waals surface area contributed by atoms with E-state index >= 15 is 0 Å². The second kappa shape index (κ2) is 7.23. The van der Waals surface area contributed by atoms with Gasteiger partial charge in [-0.1, -0.05) is 23.2 Å². The van der Waals surface area contributed by atoms with Gasteiger partial charge in [0.25, 0.3) is 0 Å². The molecular weight excluding hydrogens is 349 g/mol. The minimum Gasteiger partial charge on any atom is -0.353 e. The highest BCUT2D eigenvalue weighted by atomic mass is 35.5. The Morgan fingerprint density at radius 1 is 1.12 bits per heavy atom. The normalized spacial score (nSPS) is 14.6. The van der Waals surface area contributed by atoms with Crippen molar-refractivity contribution < 1.29 is 4.79 Å². The van der Waals surface area contributed by atoms with Crippen molar-refractivity contribution in [3.8, 4) is 0 Å². The van der Waals surface area contributed by atoms with Crippen molar-refractivity contribution in [3.05, 3.63) is 40.1 Å². The van der Waals surface area contributed by atoms with E-state index in [1.54, 1.807) is 23.1 Å². The molecule has 0 saturated carbocycles. The molecule has 1 N–H and O–H groups in total. The number of carbonyl (C=O) groups is 1. The Hall–Kier alpha value is -2.05. The summed E-state index contributed by atoms with van der Waals surface area (Å²) in [5, 5.41) is 4.35. The van der Waals surface area contributed by atoms with Gasteiger partial charge in [-0.3, -0.25) is 4.79 Å². The van der Waals surface area contributed by atoms with Gasteiger partial charge in [0.05, 0.1) is 10.7 Å². The molecule has 2 heterocycles. The number of aryl methyl sites for hydroxylation is 1. The summed E-state index contributed by atoms with van der Waals surface area (Å²) in [5.74, 6) is 2.14. The third-order valence-corrected chi connectivity index (χ3v) is 4.37. The SMILES string of the molecule is Cc1nc(Nc2cc(Cl)ccc2Cl)cc(N2CCN(C=O)CC2)n1. The average molecular weight is 366 g/mol. The molecular formula is C16H17Cl2N5O. The minimum atomic E-state index is 0.566. The standard InChI is InChI=1S/C16H17Cl2N5O/c1-11-19-15(21-14-8-12(17)2-3-13(14)18)9-16(20-11)23-6-4-22(10-24)5-7-23/h2-3,8-10H,4-7H2,1H3,(H,19,20,21). The highest BCUT2D eigenvalue weighted by Gasteiger charge is 2.18. The molecule has 8 heteroatoms. The van der Waals surface area contributed by atoms with E-state index in [9.17, 15) is 4.79 Å². The van der Waals surface area contributed by atoms with Crippen LogP contribution in [0.15, 0.2) is 24.3 Å². The van der Waals surface area contributed by atoms with Gasteiger partial charge in [-0.05, 0) is 25.1 Å². The zero-order chi connectivity index (χ0) is 17.1. The van der Waals surface area contributed by atoms with Gasteiger partial charge in [0.15, 0.2) is 0 Å². The minimum absolute atomic E-state index is 0.566. The number of hydrogen-bond acceptors (Lipinski definition) is 5. The molecule has 6 nitrogen and oxygen atoms in total. The van der Waals surface area contributed by atoms with Crippen molar-refractivity contribution in [3.63, 3.8) is 0 Å².